The van der Waals surface area contributed by atoms with E-state index in [2.05, 4.69) is 5.32 Å². The number of halogens is 2. The molecule has 132 valence electrons. The van der Waals surface area contributed by atoms with Gasteiger partial charge in [0.25, 0.3) is 5.91 Å². The van der Waals surface area contributed by atoms with Gasteiger partial charge >= 0.3 is 0 Å². The Morgan fingerprint density at radius 1 is 1.24 bits per heavy atom. The van der Waals surface area contributed by atoms with E-state index >= 15 is 0 Å². The first-order chi connectivity index (χ1) is 12.0. The molecule has 25 heavy (non-hydrogen) atoms. The molecule has 1 amide bonds. The lowest BCUT2D eigenvalue weighted by Gasteiger charge is -2.30. The zero-order valence-corrected chi connectivity index (χ0v) is 13.7. The molecule has 2 aromatic rings. The third-order valence-corrected chi connectivity index (χ3v) is 4.28. The fourth-order valence-corrected chi connectivity index (χ4v) is 2.96. The summed E-state index contributed by atoms with van der Waals surface area (Å²) in [5.74, 6) is -1.12. The Morgan fingerprint density at radius 2 is 2.08 bits per heavy atom. The molecule has 6 heteroatoms. The lowest BCUT2D eigenvalue weighted by Crippen LogP contribution is -2.42. The Hall–Kier alpha value is -2.47. The van der Waals surface area contributed by atoms with Crippen molar-refractivity contribution < 1.29 is 18.7 Å². The zero-order chi connectivity index (χ0) is 17.8. The van der Waals surface area contributed by atoms with E-state index in [1.165, 1.54) is 0 Å². The molecule has 1 aliphatic heterocycles. The largest absolute Gasteiger partial charge is 0.391 e. The highest BCUT2D eigenvalue weighted by Gasteiger charge is 2.23. The van der Waals surface area contributed by atoms with E-state index < -0.39 is 17.7 Å². The summed E-state index contributed by atoms with van der Waals surface area (Å²) in [5.41, 5.74) is 1.36. The van der Waals surface area contributed by atoms with Gasteiger partial charge < -0.3 is 15.3 Å². The van der Waals surface area contributed by atoms with Crippen molar-refractivity contribution in [2.45, 2.75) is 25.5 Å². The number of hydrogen-bond donors (Lipinski definition) is 2. The van der Waals surface area contributed by atoms with E-state index in [9.17, 15) is 18.7 Å². The number of piperidine rings is 1. The van der Waals surface area contributed by atoms with Crippen LogP contribution in [0.25, 0.3) is 0 Å². The monoisotopic (exact) mass is 346 g/mol. The van der Waals surface area contributed by atoms with Gasteiger partial charge in [0, 0.05) is 36.4 Å². The summed E-state index contributed by atoms with van der Waals surface area (Å²) >= 11 is 0. The van der Waals surface area contributed by atoms with E-state index in [4.69, 9.17) is 0 Å². The van der Waals surface area contributed by atoms with Crippen LogP contribution in [-0.2, 0) is 6.54 Å². The number of anilines is 1. The fourth-order valence-electron chi connectivity index (χ4n) is 2.96. The van der Waals surface area contributed by atoms with E-state index in [0.29, 0.717) is 30.8 Å². The number of nitrogens with one attached hydrogen (secondary N) is 1. The topological polar surface area (TPSA) is 52.6 Å². The molecule has 4 nitrogen and oxygen atoms in total. The molecule has 1 unspecified atom stereocenters. The molecule has 0 saturated carbocycles. The number of nitrogens with zero attached hydrogens (tertiary/aromatic N) is 1. The second-order valence-corrected chi connectivity index (χ2v) is 6.22. The van der Waals surface area contributed by atoms with Crippen LogP contribution in [0.2, 0.25) is 0 Å². The predicted octanol–water partition coefficient (Wildman–Crippen LogP) is 3.17. The number of likely N-dealkylation sites (tertiary alicyclic amines) is 1. The highest BCUT2D eigenvalue weighted by Crippen LogP contribution is 2.18. The lowest BCUT2D eigenvalue weighted by atomic mass is 10.1. The normalized spacial score (nSPS) is 17.4. The molecule has 3 rings (SSSR count). The average molecular weight is 346 g/mol. The number of hydrogen-bond acceptors (Lipinski definition) is 3. The maximum absolute atomic E-state index is 13.7. The van der Waals surface area contributed by atoms with Crippen LogP contribution < -0.4 is 5.32 Å². The minimum absolute atomic E-state index is 0.115. The number of benzene rings is 2. The Morgan fingerprint density at radius 3 is 2.88 bits per heavy atom. The number of aliphatic hydroxyl groups is 1. The van der Waals surface area contributed by atoms with Crippen LogP contribution in [0.15, 0.2) is 42.5 Å². The number of carbonyl (C=O) groups excluding carboxylic acids is 1. The molecule has 1 fully saturated rings. The number of carbonyl (C=O) groups is 1. The highest BCUT2D eigenvalue weighted by atomic mass is 19.1. The molecular weight excluding hydrogens is 326 g/mol. The quantitative estimate of drug-likeness (QED) is 0.894. The van der Waals surface area contributed by atoms with Crippen molar-refractivity contribution in [3.63, 3.8) is 0 Å². The van der Waals surface area contributed by atoms with Crippen LogP contribution in [-0.4, -0.2) is 35.1 Å². The average Bonchev–Trinajstić information content (AvgIpc) is 2.62. The number of rotatable bonds is 4. The van der Waals surface area contributed by atoms with Crippen molar-refractivity contribution >= 4 is 11.6 Å². The standard InChI is InChI=1S/C19H20F2N2O2/c20-15-6-7-18(21)14(9-15)11-22-16-4-1-3-13(10-16)19(25)23-8-2-5-17(24)12-23/h1,3-4,6-7,9-10,17,22,24H,2,5,8,11-12H2. The predicted molar refractivity (Wildman–Crippen MR) is 91.3 cm³/mol. The Kier molecular flexibility index (Phi) is 5.28. The fraction of sp³-hybridized carbons (Fsp3) is 0.316. The van der Waals surface area contributed by atoms with Gasteiger partial charge in [-0.05, 0) is 49.2 Å². The summed E-state index contributed by atoms with van der Waals surface area (Å²) in [6.45, 7) is 1.08. The Balaban J connectivity index is 1.69. The minimum Gasteiger partial charge on any atom is -0.391 e. The van der Waals surface area contributed by atoms with Gasteiger partial charge in [0.05, 0.1) is 6.10 Å². The van der Waals surface area contributed by atoms with Crippen LogP contribution in [0.3, 0.4) is 0 Å². The molecule has 0 spiro atoms. The van der Waals surface area contributed by atoms with Gasteiger partial charge in [-0.25, -0.2) is 8.78 Å². The van der Waals surface area contributed by atoms with E-state index in [0.717, 1.165) is 24.6 Å². The smallest absolute Gasteiger partial charge is 0.254 e. The van der Waals surface area contributed by atoms with Gasteiger partial charge in [-0.2, -0.15) is 0 Å². The maximum Gasteiger partial charge on any atom is 0.254 e. The molecule has 2 N–H and O–H groups in total. The molecule has 0 aromatic heterocycles. The first kappa shape index (κ1) is 17.4. The van der Waals surface area contributed by atoms with Gasteiger partial charge in [0.1, 0.15) is 11.6 Å². The van der Waals surface area contributed by atoms with Crippen molar-refractivity contribution in [2.75, 3.05) is 18.4 Å². The minimum atomic E-state index is -0.495. The SMILES string of the molecule is O=C(c1cccc(NCc2cc(F)ccc2F)c1)N1CCCC(O)C1. The molecule has 1 heterocycles. The zero-order valence-electron chi connectivity index (χ0n) is 13.7. The van der Waals surface area contributed by atoms with Crippen molar-refractivity contribution in [1.29, 1.82) is 0 Å². The van der Waals surface area contributed by atoms with Crippen LogP contribution in [0.4, 0.5) is 14.5 Å². The highest BCUT2D eigenvalue weighted by molar-refractivity contribution is 5.95. The summed E-state index contributed by atoms with van der Waals surface area (Å²) in [6.07, 6.45) is 1.02. The van der Waals surface area contributed by atoms with Crippen LogP contribution >= 0.6 is 0 Å². The van der Waals surface area contributed by atoms with Gasteiger partial charge in [-0.15, -0.1) is 0 Å². The van der Waals surface area contributed by atoms with Crippen molar-refractivity contribution in [2.24, 2.45) is 0 Å². The van der Waals surface area contributed by atoms with E-state index in [-0.39, 0.29) is 18.0 Å². The molecular formula is C19H20F2N2O2. The van der Waals surface area contributed by atoms with Crippen molar-refractivity contribution in [1.82, 2.24) is 4.90 Å². The second-order valence-electron chi connectivity index (χ2n) is 6.22. The second kappa shape index (κ2) is 7.61. The summed E-state index contributed by atoms with van der Waals surface area (Å²) in [7, 11) is 0. The first-order valence-electron chi connectivity index (χ1n) is 8.28. The third kappa shape index (κ3) is 4.33. The van der Waals surface area contributed by atoms with Crippen molar-refractivity contribution in [3.05, 3.63) is 65.2 Å². The number of β-amino-alcohol motifs (C(OH)–C–C–N with tert-alkyl or cyclic N) is 1. The number of amides is 1. The van der Waals surface area contributed by atoms with Crippen LogP contribution in [0.1, 0.15) is 28.8 Å². The van der Waals surface area contributed by atoms with Crippen LogP contribution in [0.5, 0.6) is 0 Å². The molecule has 2 aromatic carbocycles. The van der Waals surface area contributed by atoms with E-state index in [1.807, 2.05) is 0 Å². The van der Waals surface area contributed by atoms with Gasteiger partial charge in [0.15, 0.2) is 0 Å². The molecule has 1 saturated heterocycles. The summed E-state index contributed by atoms with van der Waals surface area (Å²) in [4.78, 5) is 14.2. The molecule has 0 bridgehead atoms. The Labute approximate surface area is 145 Å². The third-order valence-electron chi connectivity index (χ3n) is 4.28. The Bertz CT molecular complexity index is 767. The van der Waals surface area contributed by atoms with Crippen molar-refractivity contribution in [3.8, 4) is 0 Å². The summed E-state index contributed by atoms with van der Waals surface area (Å²) in [5, 5.41) is 12.7. The molecule has 1 atom stereocenters. The first-order valence-corrected chi connectivity index (χ1v) is 8.28. The maximum atomic E-state index is 13.7. The number of aliphatic hydroxyl groups excluding tert-OH is 1. The molecule has 0 aliphatic carbocycles. The van der Waals surface area contributed by atoms with Gasteiger partial charge in [-0.1, -0.05) is 6.07 Å². The van der Waals surface area contributed by atoms with E-state index in [1.54, 1.807) is 29.2 Å². The van der Waals surface area contributed by atoms with Crippen LogP contribution in [0, 0.1) is 11.6 Å². The molecule has 0 radical (unpaired) electrons. The molecule has 1 aliphatic rings. The van der Waals surface area contributed by atoms with Gasteiger partial charge in [0.2, 0.25) is 0 Å². The summed E-state index contributed by atoms with van der Waals surface area (Å²) in [6, 6.07) is 10.2. The summed E-state index contributed by atoms with van der Waals surface area (Å²) < 4.78 is 26.9. The van der Waals surface area contributed by atoms with Gasteiger partial charge in [-0.3, -0.25) is 4.79 Å². The lowest BCUT2D eigenvalue weighted by molar-refractivity contribution is 0.0474.